The molecule has 0 N–H and O–H groups in total. The van der Waals surface area contributed by atoms with Gasteiger partial charge in [-0.05, 0) is 48.9 Å². The fourth-order valence-corrected chi connectivity index (χ4v) is 2.63. The highest BCUT2D eigenvalue weighted by Crippen LogP contribution is 2.17. The average molecular weight is 371 g/mol. The van der Waals surface area contributed by atoms with Gasteiger partial charge in [-0.15, -0.1) is 10.2 Å². The molecule has 0 radical (unpaired) electrons. The minimum absolute atomic E-state index is 0.0257. The Morgan fingerprint density at radius 3 is 2.57 bits per heavy atom. The van der Waals surface area contributed by atoms with Crippen LogP contribution in [0.25, 0.3) is 11.4 Å². The Morgan fingerprint density at radius 1 is 1.13 bits per heavy atom. The second-order valence-corrected chi connectivity index (χ2v) is 6.31. The van der Waals surface area contributed by atoms with Crippen LogP contribution in [0.4, 0.5) is 0 Å². The summed E-state index contributed by atoms with van der Waals surface area (Å²) in [6.45, 7) is 4.01. The standard InChI is InChI=1S/C17H15BrN4O/c1-11-3-8-15(12(2)9-11)16(23)10-22-20-17(19-21-22)13-4-6-14(18)7-5-13/h3-9H,10H2,1-2H3. The zero-order chi connectivity index (χ0) is 16.4. The molecule has 0 spiro atoms. The molecule has 0 fully saturated rings. The lowest BCUT2D eigenvalue weighted by molar-refractivity contribution is 0.0961. The van der Waals surface area contributed by atoms with Gasteiger partial charge in [-0.1, -0.05) is 39.7 Å². The van der Waals surface area contributed by atoms with E-state index >= 15 is 0 Å². The number of aromatic nitrogens is 4. The lowest BCUT2D eigenvalue weighted by atomic mass is 10.0. The van der Waals surface area contributed by atoms with Crippen molar-refractivity contribution in [3.05, 3.63) is 63.6 Å². The Bertz CT molecular complexity index is 855. The third-order valence-corrected chi connectivity index (χ3v) is 4.05. The normalized spacial score (nSPS) is 10.7. The van der Waals surface area contributed by atoms with Crippen LogP contribution in [0.5, 0.6) is 0 Å². The van der Waals surface area contributed by atoms with E-state index in [-0.39, 0.29) is 12.3 Å². The smallest absolute Gasteiger partial charge is 0.204 e. The zero-order valence-electron chi connectivity index (χ0n) is 12.8. The van der Waals surface area contributed by atoms with Gasteiger partial charge in [-0.2, -0.15) is 4.80 Å². The maximum absolute atomic E-state index is 12.4. The second kappa shape index (κ2) is 6.42. The molecule has 0 saturated carbocycles. The van der Waals surface area contributed by atoms with Crippen LogP contribution in [-0.4, -0.2) is 26.0 Å². The van der Waals surface area contributed by atoms with Crippen LogP contribution in [0.1, 0.15) is 21.5 Å². The number of ketones is 1. The molecule has 0 aliphatic heterocycles. The third-order valence-electron chi connectivity index (χ3n) is 3.52. The van der Waals surface area contributed by atoms with Crippen molar-refractivity contribution in [3.8, 4) is 11.4 Å². The fourth-order valence-electron chi connectivity index (χ4n) is 2.36. The lowest BCUT2D eigenvalue weighted by Gasteiger charge is -2.05. The molecule has 6 heteroatoms. The van der Waals surface area contributed by atoms with Crippen molar-refractivity contribution in [2.24, 2.45) is 0 Å². The van der Waals surface area contributed by atoms with E-state index in [4.69, 9.17) is 0 Å². The molecule has 0 unspecified atom stereocenters. The summed E-state index contributed by atoms with van der Waals surface area (Å²) < 4.78 is 0.985. The van der Waals surface area contributed by atoms with E-state index in [1.54, 1.807) is 0 Å². The van der Waals surface area contributed by atoms with Crippen molar-refractivity contribution >= 4 is 21.7 Å². The Balaban J connectivity index is 1.78. The van der Waals surface area contributed by atoms with Crippen molar-refractivity contribution in [2.75, 3.05) is 0 Å². The van der Waals surface area contributed by atoms with Crippen LogP contribution in [0, 0.1) is 13.8 Å². The quantitative estimate of drug-likeness (QED) is 0.658. The summed E-state index contributed by atoms with van der Waals surface area (Å²) in [4.78, 5) is 13.7. The van der Waals surface area contributed by atoms with Gasteiger partial charge in [0, 0.05) is 15.6 Å². The SMILES string of the molecule is Cc1ccc(C(=O)Cn2nnc(-c3ccc(Br)cc3)n2)c(C)c1. The van der Waals surface area contributed by atoms with Crippen LogP contribution < -0.4 is 0 Å². The maximum Gasteiger partial charge on any atom is 0.204 e. The van der Waals surface area contributed by atoms with Gasteiger partial charge >= 0.3 is 0 Å². The third kappa shape index (κ3) is 3.53. The van der Waals surface area contributed by atoms with Gasteiger partial charge in [0.15, 0.2) is 5.78 Å². The summed E-state index contributed by atoms with van der Waals surface area (Å²) in [6.07, 6.45) is 0. The summed E-state index contributed by atoms with van der Waals surface area (Å²) in [6, 6.07) is 13.4. The van der Waals surface area contributed by atoms with Crippen LogP contribution >= 0.6 is 15.9 Å². The zero-order valence-corrected chi connectivity index (χ0v) is 14.4. The molecule has 23 heavy (non-hydrogen) atoms. The first-order valence-electron chi connectivity index (χ1n) is 7.17. The Hall–Kier alpha value is -2.34. The number of carbonyl (C=O) groups is 1. The number of Topliss-reactive ketones (excluding diaryl/α,β-unsaturated/α-hetero) is 1. The first kappa shape index (κ1) is 15.6. The molecule has 5 nitrogen and oxygen atoms in total. The van der Waals surface area contributed by atoms with Crippen molar-refractivity contribution in [3.63, 3.8) is 0 Å². The summed E-state index contributed by atoms with van der Waals surface area (Å²) in [5.74, 6) is 0.480. The topological polar surface area (TPSA) is 60.7 Å². The molecule has 1 heterocycles. The summed E-state index contributed by atoms with van der Waals surface area (Å²) in [5, 5.41) is 12.3. The van der Waals surface area contributed by atoms with Gasteiger partial charge in [0.05, 0.1) is 0 Å². The Labute approximate surface area is 142 Å². The number of halogens is 1. The van der Waals surface area contributed by atoms with Crippen LogP contribution in [0.15, 0.2) is 46.9 Å². The molecular formula is C17H15BrN4O. The van der Waals surface area contributed by atoms with Crippen LogP contribution in [-0.2, 0) is 6.54 Å². The number of hydrogen-bond donors (Lipinski definition) is 0. The number of benzene rings is 2. The van der Waals surface area contributed by atoms with Gasteiger partial charge in [-0.3, -0.25) is 4.79 Å². The molecule has 116 valence electrons. The van der Waals surface area contributed by atoms with Gasteiger partial charge in [0.1, 0.15) is 6.54 Å². The van der Waals surface area contributed by atoms with E-state index < -0.39 is 0 Å². The average Bonchev–Trinajstić information content (AvgIpc) is 2.96. The number of carbonyl (C=O) groups excluding carboxylic acids is 1. The highest BCUT2D eigenvalue weighted by molar-refractivity contribution is 9.10. The summed E-state index contributed by atoms with van der Waals surface area (Å²) in [5.41, 5.74) is 3.65. The van der Waals surface area contributed by atoms with E-state index in [2.05, 4.69) is 31.3 Å². The first-order chi connectivity index (χ1) is 11.0. The van der Waals surface area contributed by atoms with Crippen LogP contribution in [0.3, 0.4) is 0 Å². The van der Waals surface area contributed by atoms with E-state index in [0.717, 1.165) is 21.2 Å². The van der Waals surface area contributed by atoms with Crippen LogP contribution in [0.2, 0.25) is 0 Å². The molecule has 2 aromatic carbocycles. The molecule has 0 amide bonds. The lowest BCUT2D eigenvalue weighted by Crippen LogP contribution is -2.14. The van der Waals surface area contributed by atoms with Gasteiger partial charge in [-0.25, -0.2) is 0 Å². The summed E-state index contributed by atoms with van der Waals surface area (Å²) >= 11 is 3.39. The number of tetrazole rings is 1. The second-order valence-electron chi connectivity index (χ2n) is 5.39. The largest absolute Gasteiger partial charge is 0.292 e. The summed E-state index contributed by atoms with van der Waals surface area (Å²) in [7, 11) is 0. The van der Waals surface area contributed by atoms with Gasteiger partial charge < -0.3 is 0 Å². The van der Waals surface area contributed by atoms with Crippen molar-refractivity contribution in [2.45, 2.75) is 20.4 Å². The van der Waals surface area contributed by atoms with E-state index in [1.165, 1.54) is 4.80 Å². The molecule has 1 aromatic heterocycles. The minimum Gasteiger partial charge on any atom is -0.292 e. The molecule has 0 bridgehead atoms. The van der Waals surface area contributed by atoms with E-state index in [1.807, 2.05) is 56.3 Å². The Kier molecular flexibility index (Phi) is 4.34. The molecule has 3 aromatic rings. The number of hydrogen-bond acceptors (Lipinski definition) is 4. The molecule has 3 rings (SSSR count). The maximum atomic E-state index is 12.4. The van der Waals surface area contributed by atoms with E-state index in [9.17, 15) is 4.79 Å². The molecule has 0 atom stereocenters. The number of rotatable bonds is 4. The number of nitrogens with zero attached hydrogens (tertiary/aromatic N) is 4. The molecular weight excluding hydrogens is 356 g/mol. The molecule has 0 aliphatic rings. The van der Waals surface area contributed by atoms with Gasteiger partial charge in [0.25, 0.3) is 0 Å². The monoisotopic (exact) mass is 370 g/mol. The van der Waals surface area contributed by atoms with Crippen molar-refractivity contribution in [1.29, 1.82) is 0 Å². The minimum atomic E-state index is -0.0257. The fraction of sp³-hybridized carbons (Fsp3) is 0.176. The highest BCUT2D eigenvalue weighted by atomic mass is 79.9. The highest BCUT2D eigenvalue weighted by Gasteiger charge is 2.13. The van der Waals surface area contributed by atoms with E-state index in [0.29, 0.717) is 11.4 Å². The molecule has 0 aliphatic carbocycles. The van der Waals surface area contributed by atoms with Crippen molar-refractivity contribution in [1.82, 2.24) is 20.2 Å². The molecule has 0 saturated heterocycles. The Morgan fingerprint density at radius 2 is 1.87 bits per heavy atom. The predicted molar refractivity (Wildman–Crippen MR) is 91.2 cm³/mol. The van der Waals surface area contributed by atoms with Crippen molar-refractivity contribution < 1.29 is 4.79 Å². The van der Waals surface area contributed by atoms with Gasteiger partial charge in [0.2, 0.25) is 5.82 Å². The predicted octanol–water partition coefficient (Wildman–Crippen LogP) is 3.60. The first-order valence-corrected chi connectivity index (χ1v) is 7.96. The number of aryl methyl sites for hydroxylation is 2.